The lowest BCUT2D eigenvalue weighted by Gasteiger charge is -2.38. The number of hydrogen-bond donors (Lipinski definition) is 0. The van der Waals surface area contributed by atoms with E-state index < -0.39 is 0 Å². The van der Waals surface area contributed by atoms with Gasteiger partial charge in [0.15, 0.2) is 6.29 Å². The molecule has 1 aromatic heterocycles. The van der Waals surface area contributed by atoms with Crippen molar-refractivity contribution in [3.05, 3.63) is 24.0 Å². The van der Waals surface area contributed by atoms with Crippen molar-refractivity contribution >= 4 is 6.29 Å². The van der Waals surface area contributed by atoms with Crippen molar-refractivity contribution in [2.75, 3.05) is 20.1 Å². The summed E-state index contributed by atoms with van der Waals surface area (Å²) in [6.07, 6.45) is 5.37. The molecule has 0 aromatic carbocycles. The van der Waals surface area contributed by atoms with Gasteiger partial charge in [-0.2, -0.15) is 0 Å². The molecular weight excluding hydrogens is 200 g/mol. The van der Waals surface area contributed by atoms with Crippen molar-refractivity contribution in [2.24, 2.45) is 5.41 Å². The predicted molar refractivity (Wildman–Crippen MR) is 64.7 cm³/mol. The molecule has 1 saturated heterocycles. The maximum Gasteiger partial charge on any atom is 0.166 e. The molecule has 0 amide bonds. The van der Waals surface area contributed by atoms with E-state index in [1.54, 1.807) is 0 Å². The van der Waals surface area contributed by atoms with Crippen LogP contribution in [0, 0.1) is 5.41 Å². The van der Waals surface area contributed by atoms with Gasteiger partial charge in [-0.05, 0) is 50.5 Å². The normalized spacial score (nSPS) is 20.9. The van der Waals surface area contributed by atoms with Gasteiger partial charge in [0.05, 0.1) is 5.69 Å². The fraction of sp³-hybridized carbons (Fsp3) is 0.615. The zero-order valence-corrected chi connectivity index (χ0v) is 10.1. The lowest BCUT2D eigenvalue weighted by molar-refractivity contribution is 0.108. The van der Waals surface area contributed by atoms with Crippen LogP contribution >= 0.6 is 0 Å². The minimum absolute atomic E-state index is 0.337. The van der Waals surface area contributed by atoms with Crippen LogP contribution in [0.15, 0.2) is 18.3 Å². The highest BCUT2D eigenvalue weighted by Gasteiger charge is 2.29. The first-order valence-corrected chi connectivity index (χ1v) is 5.92. The van der Waals surface area contributed by atoms with E-state index >= 15 is 0 Å². The van der Waals surface area contributed by atoms with Crippen molar-refractivity contribution in [2.45, 2.75) is 26.3 Å². The summed E-state index contributed by atoms with van der Waals surface area (Å²) in [5.41, 5.74) is 1.13. The molecule has 0 N–H and O–H groups in total. The van der Waals surface area contributed by atoms with E-state index in [4.69, 9.17) is 0 Å². The summed E-state index contributed by atoms with van der Waals surface area (Å²) >= 11 is 0. The highest BCUT2D eigenvalue weighted by Crippen LogP contribution is 2.32. The zero-order valence-electron chi connectivity index (χ0n) is 10.1. The molecule has 1 aliphatic heterocycles. The van der Waals surface area contributed by atoms with Crippen LogP contribution in [0.4, 0.5) is 0 Å². The molecule has 0 atom stereocenters. The minimum atomic E-state index is 0.337. The Hall–Kier alpha value is -1.09. The van der Waals surface area contributed by atoms with Gasteiger partial charge in [0.1, 0.15) is 0 Å². The topological polar surface area (TPSA) is 25.2 Å². The average Bonchev–Trinajstić information content (AvgIpc) is 2.70. The third-order valence-electron chi connectivity index (χ3n) is 3.73. The van der Waals surface area contributed by atoms with Crippen LogP contribution in [-0.2, 0) is 6.54 Å². The van der Waals surface area contributed by atoms with Gasteiger partial charge in [-0.1, -0.05) is 6.92 Å². The Bertz CT molecular complexity index is 362. The van der Waals surface area contributed by atoms with Crippen molar-refractivity contribution in [1.82, 2.24) is 9.47 Å². The fourth-order valence-corrected chi connectivity index (χ4v) is 2.41. The summed E-state index contributed by atoms with van der Waals surface area (Å²) in [4.78, 5) is 13.2. The van der Waals surface area contributed by atoms with Crippen molar-refractivity contribution in [3.8, 4) is 0 Å². The van der Waals surface area contributed by atoms with E-state index in [-0.39, 0.29) is 0 Å². The summed E-state index contributed by atoms with van der Waals surface area (Å²) < 4.78 is 2.08. The molecule has 0 radical (unpaired) electrons. The Morgan fingerprint density at radius 2 is 2.12 bits per heavy atom. The largest absolute Gasteiger partial charge is 0.345 e. The number of carbonyl (C=O) groups is 1. The number of carbonyl (C=O) groups excluding carboxylic acids is 1. The van der Waals surface area contributed by atoms with Gasteiger partial charge in [-0.3, -0.25) is 4.79 Å². The first kappa shape index (κ1) is 11.4. The lowest BCUT2D eigenvalue weighted by Crippen LogP contribution is -2.38. The number of aromatic nitrogens is 1. The summed E-state index contributed by atoms with van der Waals surface area (Å²) in [6, 6.07) is 3.83. The number of likely N-dealkylation sites (tertiary alicyclic amines) is 1. The van der Waals surface area contributed by atoms with E-state index in [2.05, 4.69) is 23.4 Å². The Morgan fingerprint density at radius 3 is 2.75 bits per heavy atom. The highest BCUT2D eigenvalue weighted by atomic mass is 16.1. The van der Waals surface area contributed by atoms with Gasteiger partial charge in [0.2, 0.25) is 0 Å². The van der Waals surface area contributed by atoms with E-state index in [0.29, 0.717) is 5.41 Å². The molecule has 0 aliphatic carbocycles. The van der Waals surface area contributed by atoms with Crippen molar-refractivity contribution in [3.63, 3.8) is 0 Å². The number of rotatable bonds is 3. The monoisotopic (exact) mass is 220 g/mol. The number of hydrogen-bond acceptors (Lipinski definition) is 2. The number of piperidine rings is 1. The average molecular weight is 220 g/mol. The summed E-state index contributed by atoms with van der Waals surface area (Å²) in [7, 11) is 2.17. The van der Waals surface area contributed by atoms with E-state index in [9.17, 15) is 4.79 Å². The molecule has 0 bridgehead atoms. The van der Waals surface area contributed by atoms with Crippen LogP contribution in [-0.4, -0.2) is 35.9 Å². The quantitative estimate of drug-likeness (QED) is 0.728. The molecule has 3 heteroatoms. The smallest absolute Gasteiger partial charge is 0.166 e. The van der Waals surface area contributed by atoms with E-state index in [1.807, 2.05) is 18.3 Å². The Balaban J connectivity index is 2.06. The van der Waals surface area contributed by atoms with Gasteiger partial charge >= 0.3 is 0 Å². The second kappa shape index (κ2) is 4.42. The van der Waals surface area contributed by atoms with Crippen LogP contribution in [0.5, 0.6) is 0 Å². The maximum atomic E-state index is 10.9. The second-order valence-corrected chi connectivity index (χ2v) is 5.29. The molecule has 0 saturated carbocycles. The Labute approximate surface area is 97.1 Å². The molecule has 16 heavy (non-hydrogen) atoms. The van der Waals surface area contributed by atoms with Gasteiger partial charge < -0.3 is 9.47 Å². The molecule has 1 aliphatic rings. The second-order valence-electron chi connectivity index (χ2n) is 5.29. The van der Waals surface area contributed by atoms with Crippen LogP contribution in [0.3, 0.4) is 0 Å². The van der Waals surface area contributed by atoms with Crippen LogP contribution in [0.25, 0.3) is 0 Å². The fourth-order valence-electron chi connectivity index (χ4n) is 2.41. The Morgan fingerprint density at radius 1 is 1.44 bits per heavy atom. The van der Waals surface area contributed by atoms with E-state index in [1.165, 1.54) is 12.8 Å². The third-order valence-corrected chi connectivity index (χ3v) is 3.73. The lowest BCUT2D eigenvalue weighted by atomic mass is 9.80. The number of aldehydes is 1. The molecule has 88 valence electrons. The first-order valence-electron chi connectivity index (χ1n) is 5.92. The Kier molecular flexibility index (Phi) is 3.15. The predicted octanol–water partition coefficient (Wildman–Crippen LogP) is 2.03. The van der Waals surface area contributed by atoms with Crippen LogP contribution in [0.1, 0.15) is 30.3 Å². The van der Waals surface area contributed by atoms with Gasteiger partial charge in [-0.15, -0.1) is 0 Å². The standard InChI is InChI=1S/C13H20N2O/c1-13(5-8-14(2)9-6-13)11-15-7-3-4-12(15)10-16/h3-4,7,10H,5-6,8-9,11H2,1-2H3. The SMILES string of the molecule is CN1CCC(C)(Cn2cccc2C=O)CC1. The molecule has 1 fully saturated rings. The molecule has 0 unspecified atom stereocenters. The molecule has 2 rings (SSSR count). The van der Waals surface area contributed by atoms with Gasteiger partial charge in [0.25, 0.3) is 0 Å². The minimum Gasteiger partial charge on any atom is -0.345 e. The van der Waals surface area contributed by atoms with Crippen LogP contribution in [0.2, 0.25) is 0 Å². The zero-order chi connectivity index (χ0) is 11.6. The molecule has 3 nitrogen and oxygen atoms in total. The van der Waals surface area contributed by atoms with E-state index in [0.717, 1.165) is 31.6 Å². The van der Waals surface area contributed by atoms with Crippen molar-refractivity contribution in [1.29, 1.82) is 0 Å². The molecule has 0 spiro atoms. The maximum absolute atomic E-state index is 10.9. The summed E-state index contributed by atoms with van der Waals surface area (Å²) in [6.45, 7) is 5.61. The first-order chi connectivity index (χ1) is 7.63. The molecule has 1 aromatic rings. The van der Waals surface area contributed by atoms with Gasteiger partial charge in [-0.25, -0.2) is 0 Å². The van der Waals surface area contributed by atoms with Gasteiger partial charge in [0, 0.05) is 12.7 Å². The third kappa shape index (κ3) is 2.35. The summed E-state index contributed by atoms with van der Waals surface area (Å²) in [5.74, 6) is 0. The summed E-state index contributed by atoms with van der Waals surface area (Å²) in [5, 5.41) is 0. The number of nitrogens with zero attached hydrogens (tertiary/aromatic N) is 2. The van der Waals surface area contributed by atoms with Crippen molar-refractivity contribution < 1.29 is 4.79 Å². The highest BCUT2D eigenvalue weighted by molar-refractivity contribution is 5.72. The molecule has 2 heterocycles. The van der Waals surface area contributed by atoms with Crippen LogP contribution < -0.4 is 0 Å². The molecular formula is C13H20N2O.